The van der Waals surface area contributed by atoms with Crippen molar-refractivity contribution in [1.29, 1.82) is 0 Å². The monoisotopic (exact) mass is 366 g/mol. The molecule has 2 saturated heterocycles. The van der Waals surface area contributed by atoms with E-state index in [2.05, 4.69) is 15.3 Å². The molecule has 2 aliphatic heterocycles. The molecule has 4 rings (SSSR count). The molecule has 2 amide bonds. The second-order valence-electron chi connectivity index (χ2n) is 7.05. The Labute approximate surface area is 157 Å². The molecule has 2 aromatic rings. The maximum absolute atomic E-state index is 13.1. The number of hydrogen-bond acceptors (Lipinski definition) is 5. The van der Waals surface area contributed by atoms with Crippen LogP contribution in [0.2, 0.25) is 0 Å². The number of rotatable bonds is 3. The van der Waals surface area contributed by atoms with E-state index in [4.69, 9.17) is 4.74 Å². The number of piperidine rings is 1. The van der Waals surface area contributed by atoms with Gasteiger partial charge in [-0.3, -0.25) is 14.6 Å². The molecule has 0 aliphatic carbocycles. The van der Waals surface area contributed by atoms with Gasteiger partial charge in [-0.05, 0) is 44.0 Å². The first-order chi connectivity index (χ1) is 13.1. The van der Waals surface area contributed by atoms with Gasteiger partial charge < -0.3 is 15.0 Å². The topological polar surface area (TPSA) is 84.4 Å². The van der Waals surface area contributed by atoms with Crippen molar-refractivity contribution in [1.82, 2.24) is 14.9 Å². The zero-order valence-electron chi connectivity index (χ0n) is 15.2. The van der Waals surface area contributed by atoms with Crippen molar-refractivity contribution in [2.75, 3.05) is 18.5 Å². The highest BCUT2D eigenvalue weighted by Gasteiger charge is 2.44. The molecular weight excluding hydrogens is 344 g/mol. The van der Waals surface area contributed by atoms with Gasteiger partial charge in [-0.1, -0.05) is 6.07 Å². The van der Waals surface area contributed by atoms with Crippen molar-refractivity contribution >= 4 is 17.5 Å². The number of anilines is 1. The zero-order chi connectivity index (χ0) is 18.8. The van der Waals surface area contributed by atoms with Crippen LogP contribution < -0.4 is 5.32 Å². The number of fused-ring (bicyclic) bond motifs is 1. The molecule has 1 N–H and O–H groups in total. The van der Waals surface area contributed by atoms with Crippen LogP contribution in [0.4, 0.5) is 5.69 Å². The minimum atomic E-state index is -0.335. The van der Waals surface area contributed by atoms with E-state index in [9.17, 15) is 9.59 Å². The molecule has 2 aromatic heterocycles. The van der Waals surface area contributed by atoms with E-state index in [-0.39, 0.29) is 29.9 Å². The molecule has 7 nitrogen and oxygen atoms in total. The van der Waals surface area contributed by atoms with Gasteiger partial charge >= 0.3 is 0 Å². The van der Waals surface area contributed by atoms with Crippen LogP contribution >= 0.6 is 0 Å². The summed E-state index contributed by atoms with van der Waals surface area (Å²) in [5.41, 5.74) is 1.85. The summed E-state index contributed by atoms with van der Waals surface area (Å²) in [6.07, 6.45) is 4.55. The summed E-state index contributed by atoms with van der Waals surface area (Å²) in [5, 5.41) is 2.89. The Balaban J connectivity index is 1.54. The minimum Gasteiger partial charge on any atom is -0.376 e. The van der Waals surface area contributed by atoms with Crippen LogP contribution in [0, 0.1) is 12.8 Å². The molecule has 140 valence electrons. The summed E-state index contributed by atoms with van der Waals surface area (Å²) in [6, 6.07) is 8.98. The Morgan fingerprint density at radius 1 is 1.26 bits per heavy atom. The number of nitrogens with zero attached hydrogens (tertiary/aromatic N) is 3. The molecule has 7 heteroatoms. The smallest absolute Gasteiger partial charge is 0.272 e. The van der Waals surface area contributed by atoms with E-state index in [1.54, 1.807) is 35.5 Å². The van der Waals surface area contributed by atoms with Gasteiger partial charge in [0.15, 0.2) is 0 Å². The van der Waals surface area contributed by atoms with Crippen LogP contribution in [-0.2, 0) is 9.53 Å². The SMILES string of the molecule is Cc1cccc(C(=O)N2C[C@H](C(=O)Nc3cccnc3)C[C@@H]3OCC[C@@H]32)n1. The van der Waals surface area contributed by atoms with Crippen molar-refractivity contribution in [3.8, 4) is 0 Å². The standard InChI is InChI=1S/C20H22N4O3/c1-13-4-2-6-16(22-13)20(26)24-12-14(10-18-17(24)7-9-27-18)19(25)23-15-5-3-8-21-11-15/h2-6,8,11,14,17-18H,7,9-10,12H2,1H3,(H,23,25)/t14-,17+,18+/m1/s1. The van der Waals surface area contributed by atoms with E-state index in [0.717, 1.165) is 12.1 Å². The third kappa shape index (κ3) is 3.68. The summed E-state index contributed by atoms with van der Waals surface area (Å²) < 4.78 is 5.82. The highest BCUT2D eigenvalue weighted by molar-refractivity contribution is 5.95. The van der Waals surface area contributed by atoms with Gasteiger partial charge in [-0.25, -0.2) is 4.98 Å². The lowest BCUT2D eigenvalue weighted by Gasteiger charge is -2.40. The van der Waals surface area contributed by atoms with Crippen LogP contribution in [-0.4, -0.2) is 52.0 Å². The molecule has 0 saturated carbocycles. The predicted molar refractivity (Wildman–Crippen MR) is 99.1 cm³/mol. The number of aryl methyl sites for hydroxylation is 1. The van der Waals surface area contributed by atoms with Crippen LogP contribution in [0.15, 0.2) is 42.7 Å². The molecule has 0 bridgehead atoms. The molecule has 0 radical (unpaired) electrons. The number of nitrogens with one attached hydrogen (secondary N) is 1. The number of likely N-dealkylation sites (tertiary alicyclic amines) is 1. The lowest BCUT2D eigenvalue weighted by molar-refractivity contribution is -0.123. The lowest BCUT2D eigenvalue weighted by Crippen LogP contribution is -2.54. The second-order valence-corrected chi connectivity index (χ2v) is 7.05. The fourth-order valence-electron chi connectivity index (χ4n) is 3.86. The maximum atomic E-state index is 13.1. The molecule has 3 atom stereocenters. The Kier molecular flexibility index (Phi) is 4.85. The van der Waals surface area contributed by atoms with Gasteiger partial charge in [0.1, 0.15) is 5.69 Å². The number of carbonyl (C=O) groups excluding carboxylic acids is 2. The quantitative estimate of drug-likeness (QED) is 0.899. The van der Waals surface area contributed by atoms with E-state index in [0.29, 0.717) is 31.0 Å². The number of aromatic nitrogens is 2. The third-order valence-corrected chi connectivity index (χ3v) is 5.18. The van der Waals surface area contributed by atoms with Crippen molar-refractivity contribution in [2.24, 2.45) is 5.92 Å². The van der Waals surface area contributed by atoms with Crippen molar-refractivity contribution < 1.29 is 14.3 Å². The fraction of sp³-hybridized carbons (Fsp3) is 0.400. The molecule has 27 heavy (non-hydrogen) atoms. The summed E-state index contributed by atoms with van der Waals surface area (Å²) in [7, 11) is 0. The summed E-state index contributed by atoms with van der Waals surface area (Å²) in [4.78, 5) is 36.0. The Bertz CT molecular complexity index is 842. The predicted octanol–water partition coefficient (Wildman–Crippen LogP) is 2.04. The van der Waals surface area contributed by atoms with Crippen LogP contribution in [0.5, 0.6) is 0 Å². The Morgan fingerprint density at radius 2 is 2.15 bits per heavy atom. The van der Waals surface area contributed by atoms with Crippen LogP contribution in [0.1, 0.15) is 29.0 Å². The van der Waals surface area contributed by atoms with E-state index >= 15 is 0 Å². The van der Waals surface area contributed by atoms with Gasteiger partial charge in [0.2, 0.25) is 5.91 Å². The van der Waals surface area contributed by atoms with E-state index in [1.807, 2.05) is 19.1 Å². The Morgan fingerprint density at radius 3 is 2.93 bits per heavy atom. The van der Waals surface area contributed by atoms with Gasteiger partial charge in [-0.2, -0.15) is 0 Å². The van der Waals surface area contributed by atoms with Crippen LogP contribution in [0.3, 0.4) is 0 Å². The normalized spacial score (nSPS) is 24.3. The molecule has 4 heterocycles. The van der Waals surface area contributed by atoms with Crippen molar-refractivity contribution in [3.63, 3.8) is 0 Å². The summed E-state index contributed by atoms with van der Waals surface area (Å²) >= 11 is 0. The van der Waals surface area contributed by atoms with Crippen molar-refractivity contribution in [2.45, 2.75) is 31.9 Å². The first-order valence-electron chi connectivity index (χ1n) is 9.19. The van der Waals surface area contributed by atoms with E-state index in [1.165, 1.54) is 0 Å². The van der Waals surface area contributed by atoms with Gasteiger partial charge in [0.05, 0.1) is 29.9 Å². The first-order valence-corrected chi connectivity index (χ1v) is 9.19. The number of pyridine rings is 2. The molecule has 0 spiro atoms. The highest BCUT2D eigenvalue weighted by Crippen LogP contribution is 2.32. The average Bonchev–Trinajstić information content (AvgIpc) is 3.16. The van der Waals surface area contributed by atoms with Gasteiger partial charge in [0.25, 0.3) is 5.91 Å². The highest BCUT2D eigenvalue weighted by atomic mass is 16.5. The number of amides is 2. The maximum Gasteiger partial charge on any atom is 0.272 e. The first kappa shape index (κ1) is 17.6. The molecule has 0 aromatic carbocycles. The van der Waals surface area contributed by atoms with Crippen LogP contribution in [0.25, 0.3) is 0 Å². The number of hydrogen-bond donors (Lipinski definition) is 1. The zero-order valence-corrected chi connectivity index (χ0v) is 15.2. The minimum absolute atomic E-state index is 0.00209. The van der Waals surface area contributed by atoms with Crippen molar-refractivity contribution in [3.05, 3.63) is 54.1 Å². The third-order valence-electron chi connectivity index (χ3n) is 5.18. The molecule has 2 aliphatic rings. The van der Waals surface area contributed by atoms with E-state index < -0.39 is 0 Å². The second kappa shape index (κ2) is 7.44. The molecule has 0 unspecified atom stereocenters. The average molecular weight is 366 g/mol. The number of ether oxygens (including phenoxy) is 1. The van der Waals surface area contributed by atoms with Gasteiger partial charge in [0, 0.05) is 25.0 Å². The number of carbonyl (C=O) groups is 2. The van der Waals surface area contributed by atoms with Gasteiger partial charge in [-0.15, -0.1) is 0 Å². The Hall–Kier alpha value is -2.80. The fourth-order valence-corrected chi connectivity index (χ4v) is 3.86. The largest absolute Gasteiger partial charge is 0.376 e. The summed E-state index contributed by atoms with van der Waals surface area (Å²) in [6.45, 7) is 2.83. The molecular formula is C20H22N4O3. The molecule has 2 fully saturated rings. The summed E-state index contributed by atoms with van der Waals surface area (Å²) in [5.74, 6) is -0.594. The lowest BCUT2D eigenvalue weighted by atomic mass is 9.89.